The first-order valence-corrected chi connectivity index (χ1v) is 12.6. The smallest absolute Gasteiger partial charge is 0.127 e. The van der Waals surface area contributed by atoms with E-state index in [1.165, 1.54) is 37.1 Å². The summed E-state index contributed by atoms with van der Waals surface area (Å²) >= 11 is 0. The Kier molecular flexibility index (Phi) is 6.61. The van der Waals surface area contributed by atoms with Gasteiger partial charge >= 0.3 is 0 Å². The Morgan fingerprint density at radius 2 is 1.57 bits per heavy atom. The highest BCUT2D eigenvalue weighted by atomic mass is 16.5. The third-order valence-electron chi connectivity index (χ3n) is 7.38. The molecule has 0 aromatic heterocycles. The molecular weight excluding hydrogens is 438 g/mol. The Labute approximate surface area is 208 Å². The van der Waals surface area contributed by atoms with Crippen molar-refractivity contribution in [2.24, 2.45) is 0 Å². The fourth-order valence-electron chi connectivity index (χ4n) is 5.64. The average Bonchev–Trinajstić information content (AvgIpc) is 3.37. The second kappa shape index (κ2) is 9.82. The van der Waals surface area contributed by atoms with Crippen molar-refractivity contribution in [1.29, 1.82) is 0 Å². The van der Waals surface area contributed by atoms with Crippen LogP contribution in [0, 0.1) is 0 Å². The minimum absolute atomic E-state index is 0.0568. The maximum Gasteiger partial charge on any atom is 0.127 e. The van der Waals surface area contributed by atoms with Gasteiger partial charge in [0.15, 0.2) is 0 Å². The molecule has 2 aliphatic heterocycles. The SMILES string of the molecule is COc1ccc([C@@H]2[C@@H](c3ccc(OCCN4CCCC4)cc3)c3ccc(O)cc3OC2(C)C)cc1. The third kappa shape index (κ3) is 4.96. The van der Waals surface area contributed by atoms with Gasteiger partial charge in [-0.15, -0.1) is 0 Å². The lowest BCUT2D eigenvalue weighted by atomic mass is 9.68. The molecule has 5 rings (SSSR count). The quantitative estimate of drug-likeness (QED) is 0.459. The number of ether oxygens (including phenoxy) is 3. The zero-order valence-corrected chi connectivity index (χ0v) is 20.9. The van der Waals surface area contributed by atoms with Gasteiger partial charge in [-0.05, 0) is 81.2 Å². The molecule has 35 heavy (non-hydrogen) atoms. The summed E-state index contributed by atoms with van der Waals surface area (Å²) in [6.45, 7) is 8.30. The van der Waals surface area contributed by atoms with Crippen LogP contribution in [0.25, 0.3) is 0 Å². The normalized spacial score (nSPS) is 21.2. The number of benzene rings is 3. The van der Waals surface area contributed by atoms with Crippen molar-refractivity contribution >= 4 is 0 Å². The van der Waals surface area contributed by atoms with Gasteiger partial charge in [-0.1, -0.05) is 30.3 Å². The maximum absolute atomic E-state index is 10.1. The van der Waals surface area contributed by atoms with Crippen molar-refractivity contribution in [3.8, 4) is 23.0 Å². The molecule has 0 saturated carbocycles. The Hall–Kier alpha value is -3.18. The van der Waals surface area contributed by atoms with Crippen LogP contribution in [-0.4, -0.2) is 49.0 Å². The molecule has 0 radical (unpaired) electrons. The van der Waals surface area contributed by atoms with Crippen molar-refractivity contribution in [3.63, 3.8) is 0 Å². The van der Waals surface area contributed by atoms with Gasteiger partial charge < -0.3 is 19.3 Å². The molecule has 1 N–H and O–H groups in total. The fraction of sp³-hybridized carbons (Fsp3) is 0.400. The molecule has 2 heterocycles. The van der Waals surface area contributed by atoms with Crippen LogP contribution < -0.4 is 14.2 Å². The Morgan fingerprint density at radius 3 is 2.26 bits per heavy atom. The van der Waals surface area contributed by atoms with E-state index in [0.29, 0.717) is 6.61 Å². The highest BCUT2D eigenvalue weighted by Crippen LogP contribution is 2.53. The number of fused-ring (bicyclic) bond motifs is 1. The van der Waals surface area contributed by atoms with Gasteiger partial charge in [-0.2, -0.15) is 0 Å². The number of hydrogen-bond acceptors (Lipinski definition) is 5. The van der Waals surface area contributed by atoms with Crippen molar-refractivity contribution in [3.05, 3.63) is 83.4 Å². The largest absolute Gasteiger partial charge is 0.508 e. The number of hydrogen-bond donors (Lipinski definition) is 1. The van der Waals surface area contributed by atoms with Gasteiger partial charge in [-0.3, -0.25) is 4.90 Å². The molecule has 0 amide bonds. The van der Waals surface area contributed by atoms with Gasteiger partial charge in [0.05, 0.1) is 7.11 Å². The molecule has 0 aliphatic carbocycles. The molecule has 184 valence electrons. The standard InChI is InChI=1S/C30H35NO4/c1-30(2)29(22-8-11-24(33-3)12-9-22)28(26-15-10-23(32)20-27(26)35-30)21-6-13-25(14-7-21)34-19-18-31-16-4-5-17-31/h6-15,20,28-29,32H,4-5,16-19H2,1-3H3/t28-,29+/m0/s1. The molecule has 2 atom stereocenters. The molecule has 0 bridgehead atoms. The summed E-state index contributed by atoms with van der Waals surface area (Å²) in [6, 6.07) is 22.2. The minimum Gasteiger partial charge on any atom is -0.508 e. The molecule has 3 aromatic rings. The van der Waals surface area contributed by atoms with Crippen molar-refractivity contribution in [1.82, 2.24) is 4.90 Å². The van der Waals surface area contributed by atoms with Gasteiger partial charge in [0, 0.05) is 30.0 Å². The zero-order valence-electron chi connectivity index (χ0n) is 20.9. The van der Waals surface area contributed by atoms with Crippen LogP contribution >= 0.6 is 0 Å². The number of phenols is 1. The van der Waals surface area contributed by atoms with Crippen molar-refractivity contribution < 1.29 is 19.3 Å². The van der Waals surface area contributed by atoms with Crippen LogP contribution in [-0.2, 0) is 0 Å². The van der Waals surface area contributed by atoms with Crippen LogP contribution in [0.1, 0.15) is 55.2 Å². The van der Waals surface area contributed by atoms with Crippen LogP contribution in [0.2, 0.25) is 0 Å². The van der Waals surface area contributed by atoms with Crippen molar-refractivity contribution in [2.45, 2.75) is 44.1 Å². The molecule has 5 heteroatoms. The molecule has 1 saturated heterocycles. The molecule has 2 aliphatic rings. The highest BCUT2D eigenvalue weighted by molar-refractivity contribution is 5.52. The first-order valence-electron chi connectivity index (χ1n) is 12.6. The number of phenolic OH excluding ortho intramolecular Hbond substituents is 1. The molecule has 0 unspecified atom stereocenters. The Balaban J connectivity index is 1.46. The molecule has 0 spiro atoms. The number of likely N-dealkylation sites (tertiary alicyclic amines) is 1. The minimum atomic E-state index is -0.495. The lowest BCUT2D eigenvalue weighted by molar-refractivity contribution is 0.0528. The molecule has 5 nitrogen and oxygen atoms in total. The van der Waals surface area contributed by atoms with E-state index in [4.69, 9.17) is 14.2 Å². The van der Waals surface area contributed by atoms with E-state index in [1.807, 2.05) is 18.2 Å². The summed E-state index contributed by atoms with van der Waals surface area (Å²) in [5.41, 5.74) is 2.96. The predicted molar refractivity (Wildman–Crippen MR) is 138 cm³/mol. The topological polar surface area (TPSA) is 51.2 Å². The van der Waals surface area contributed by atoms with Crippen LogP contribution in [0.4, 0.5) is 0 Å². The monoisotopic (exact) mass is 473 g/mol. The second-order valence-electron chi connectivity index (χ2n) is 10.1. The molecular formula is C30H35NO4. The Morgan fingerprint density at radius 1 is 0.914 bits per heavy atom. The van der Waals surface area contributed by atoms with Gasteiger partial charge in [-0.25, -0.2) is 0 Å². The van der Waals surface area contributed by atoms with E-state index in [1.54, 1.807) is 19.2 Å². The van der Waals surface area contributed by atoms with Gasteiger partial charge in [0.1, 0.15) is 35.2 Å². The summed E-state index contributed by atoms with van der Waals surface area (Å²) in [5.74, 6) is 2.79. The lowest BCUT2D eigenvalue weighted by Crippen LogP contribution is -2.43. The van der Waals surface area contributed by atoms with E-state index < -0.39 is 5.60 Å². The third-order valence-corrected chi connectivity index (χ3v) is 7.38. The van der Waals surface area contributed by atoms with E-state index >= 15 is 0 Å². The highest BCUT2D eigenvalue weighted by Gasteiger charge is 2.45. The van der Waals surface area contributed by atoms with E-state index in [9.17, 15) is 5.11 Å². The van der Waals surface area contributed by atoms with Gasteiger partial charge in [0.2, 0.25) is 0 Å². The van der Waals surface area contributed by atoms with E-state index in [0.717, 1.165) is 29.4 Å². The van der Waals surface area contributed by atoms with Crippen LogP contribution in [0.15, 0.2) is 66.7 Å². The lowest BCUT2D eigenvalue weighted by Gasteiger charge is -2.45. The number of methoxy groups -OCH3 is 1. The fourth-order valence-corrected chi connectivity index (χ4v) is 5.64. The number of aromatic hydroxyl groups is 1. The first kappa shape index (κ1) is 23.6. The van der Waals surface area contributed by atoms with Crippen LogP contribution in [0.3, 0.4) is 0 Å². The summed E-state index contributed by atoms with van der Waals surface area (Å²) in [7, 11) is 1.68. The predicted octanol–water partition coefficient (Wildman–Crippen LogP) is 5.96. The van der Waals surface area contributed by atoms with Gasteiger partial charge in [0.25, 0.3) is 0 Å². The van der Waals surface area contributed by atoms with E-state index in [-0.39, 0.29) is 17.6 Å². The zero-order chi connectivity index (χ0) is 24.4. The summed E-state index contributed by atoms with van der Waals surface area (Å²) in [5, 5.41) is 10.1. The molecule has 1 fully saturated rings. The van der Waals surface area contributed by atoms with E-state index in [2.05, 4.69) is 55.1 Å². The number of nitrogens with zero attached hydrogens (tertiary/aromatic N) is 1. The summed E-state index contributed by atoms with van der Waals surface area (Å²) in [4.78, 5) is 2.46. The average molecular weight is 474 g/mol. The first-order chi connectivity index (χ1) is 16.9. The molecule has 3 aromatic carbocycles. The van der Waals surface area contributed by atoms with Crippen molar-refractivity contribution in [2.75, 3.05) is 33.4 Å². The number of rotatable bonds is 7. The summed E-state index contributed by atoms with van der Waals surface area (Å²) in [6.07, 6.45) is 2.59. The van der Waals surface area contributed by atoms with Crippen LogP contribution in [0.5, 0.6) is 23.0 Å². The maximum atomic E-state index is 10.1. The Bertz CT molecular complexity index is 1130. The second-order valence-corrected chi connectivity index (χ2v) is 10.1. The summed E-state index contributed by atoms with van der Waals surface area (Å²) < 4.78 is 17.9.